The molecule has 0 radical (unpaired) electrons. The molecule has 2 amide bonds. The largest absolute Gasteiger partial charge is 0.438 e. The summed E-state index contributed by atoms with van der Waals surface area (Å²) in [4.78, 5) is 20.6. The fourth-order valence-corrected chi connectivity index (χ4v) is 2.77. The number of carbonyl (C=O) groups excluding carboxylic acids is 1. The zero-order valence-corrected chi connectivity index (χ0v) is 17.1. The van der Waals surface area contributed by atoms with Gasteiger partial charge in [-0.3, -0.25) is 15.1 Å². The Labute approximate surface area is 172 Å². The smallest absolute Gasteiger partial charge is 0.324 e. The number of benzene rings is 1. The summed E-state index contributed by atoms with van der Waals surface area (Å²) in [5.41, 5.74) is 2.02. The van der Waals surface area contributed by atoms with E-state index in [0.29, 0.717) is 34.2 Å². The molecule has 30 heavy (non-hydrogen) atoms. The van der Waals surface area contributed by atoms with Crippen LogP contribution in [0.25, 0.3) is 11.0 Å². The molecule has 0 atom stereocenters. The SMILES string of the molecule is Cn1nc(C(C)(C)C)cc1NC(=O)Nc1ccc(Oc2ncnc3[nH]ncc23)cc1. The number of aromatic nitrogens is 6. The Bertz CT molecular complexity index is 1190. The summed E-state index contributed by atoms with van der Waals surface area (Å²) in [6.45, 7) is 6.21. The van der Waals surface area contributed by atoms with Crippen molar-refractivity contribution in [2.75, 3.05) is 10.6 Å². The first-order chi connectivity index (χ1) is 14.3. The molecule has 0 spiro atoms. The highest BCUT2D eigenvalue weighted by molar-refractivity contribution is 5.99. The van der Waals surface area contributed by atoms with E-state index in [1.54, 1.807) is 42.2 Å². The molecule has 1 aromatic carbocycles. The van der Waals surface area contributed by atoms with Gasteiger partial charge in [0, 0.05) is 24.2 Å². The van der Waals surface area contributed by atoms with Crippen LogP contribution in [0, 0.1) is 0 Å². The van der Waals surface area contributed by atoms with Crippen molar-refractivity contribution in [1.29, 1.82) is 0 Å². The number of nitrogens with one attached hydrogen (secondary N) is 3. The topological polar surface area (TPSA) is 123 Å². The maximum absolute atomic E-state index is 12.4. The molecule has 0 bridgehead atoms. The zero-order chi connectivity index (χ0) is 21.3. The van der Waals surface area contributed by atoms with Crippen LogP contribution in [-0.4, -0.2) is 36.0 Å². The first kappa shape index (κ1) is 19.4. The van der Waals surface area contributed by atoms with Gasteiger partial charge in [-0.25, -0.2) is 14.8 Å². The van der Waals surface area contributed by atoms with Crippen LogP contribution < -0.4 is 15.4 Å². The molecule has 3 heterocycles. The molecule has 3 N–H and O–H groups in total. The minimum atomic E-state index is -0.358. The van der Waals surface area contributed by atoms with Crippen molar-refractivity contribution >= 4 is 28.6 Å². The predicted molar refractivity (Wildman–Crippen MR) is 113 cm³/mol. The fraction of sp³-hybridized carbons (Fsp3) is 0.250. The van der Waals surface area contributed by atoms with Crippen LogP contribution in [0.15, 0.2) is 42.9 Å². The number of aryl methyl sites for hydroxylation is 1. The molecule has 3 aromatic heterocycles. The van der Waals surface area contributed by atoms with E-state index in [9.17, 15) is 4.79 Å². The average Bonchev–Trinajstić information content (AvgIpc) is 3.31. The fourth-order valence-electron chi connectivity index (χ4n) is 2.77. The van der Waals surface area contributed by atoms with E-state index in [1.807, 2.05) is 6.07 Å². The zero-order valence-electron chi connectivity index (χ0n) is 17.1. The third-order valence-corrected chi connectivity index (χ3v) is 4.43. The van der Waals surface area contributed by atoms with Crippen LogP contribution in [0.2, 0.25) is 0 Å². The van der Waals surface area contributed by atoms with Crippen molar-refractivity contribution < 1.29 is 9.53 Å². The Morgan fingerprint density at radius 1 is 1.13 bits per heavy atom. The number of anilines is 2. The number of aromatic amines is 1. The van der Waals surface area contributed by atoms with E-state index < -0.39 is 0 Å². The number of amides is 2. The van der Waals surface area contributed by atoms with E-state index in [0.717, 1.165) is 5.69 Å². The minimum absolute atomic E-state index is 0.101. The number of hydrogen-bond donors (Lipinski definition) is 3. The van der Waals surface area contributed by atoms with Gasteiger partial charge in [-0.2, -0.15) is 10.2 Å². The summed E-state index contributed by atoms with van der Waals surface area (Å²) in [6, 6.07) is 8.48. The molecular weight excluding hydrogens is 384 g/mol. The molecule has 0 aliphatic carbocycles. The average molecular weight is 406 g/mol. The Hall–Kier alpha value is -3.95. The number of hydrogen-bond acceptors (Lipinski definition) is 6. The molecule has 10 heteroatoms. The Morgan fingerprint density at radius 3 is 2.60 bits per heavy atom. The highest BCUT2D eigenvalue weighted by atomic mass is 16.5. The molecule has 154 valence electrons. The second kappa shape index (κ2) is 7.47. The van der Waals surface area contributed by atoms with E-state index >= 15 is 0 Å². The molecule has 4 aromatic rings. The van der Waals surface area contributed by atoms with Crippen LogP contribution in [0.3, 0.4) is 0 Å². The van der Waals surface area contributed by atoms with Crippen molar-refractivity contribution in [2.45, 2.75) is 26.2 Å². The molecule has 0 aliphatic heterocycles. The highest BCUT2D eigenvalue weighted by Crippen LogP contribution is 2.26. The molecule has 0 fully saturated rings. The maximum Gasteiger partial charge on any atom is 0.324 e. The summed E-state index contributed by atoms with van der Waals surface area (Å²) in [7, 11) is 1.79. The summed E-state index contributed by atoms with van der Waals surface area (Å²) < 4.78 is 7.45. The number of nitrogens with zero attached hydrogens (tertiary/aromatic N) is 5. The third-order valence-electron chi connectivity index (χ3n) is 4.43. The Morgan fingerprint density at radius 2 is 1.90 bits per heavy atom. The van der Waals surface area contributed by atoms with Gasteiger partial charge >= 0.3 is 6.03 Å². The van der Waals surface area contributed by atoms with Crippen molar-refractivity contribution in [3.8, 4) is 11.6 Å². The lowest BCUT2D eigenvalue weighted by molar-refractivity contribution is 0.262. The van der Waals surface area contributed by atoms with Crippen molar-refractivity contribution in [2.24, 2.45) is 7.05 Å². The quantitative estimate of drug-likeness (QED) is 0.473. The second-order valence-electron chi connectivity index (χ2n) is 7.81. The number of carbonyl (C=O) groups is 1. The number of rotatable bonds is 4. The summed E-state index contributed by atoms with van der Waals surface area (Å²) in [5, 5.41) is 17.5. The van der Waals surface area contributed by atoms with E-state index in [-0.39, 0.29) is 11.4 Å². The summed E-state index contributed by atoms with van der Waals surface area (Å²) in [6.07, 6.45) is 3.01. The van der Waals surface area contributed by atoms with Gasteiger partial charge in [0.15, 0.2) is 5.65 Å². The van der Waals surface area contributed by atoms with Crippen molar-refractivity contribution in [3.05, 3.63) is 48.5 Å². The first-order valence-corrected chi connectivity index (χ1v) is 9.34. The highest BCUT2D eigenvalue weighted by Gasteiger charge is 2.19. The van der Waals surface area contributed by atoms with Crippen LogP contribution >= 0.6 is 0 Å². The number of ether oxygens (including phenoxy) is 1. The van der Waals surface area contributed by atoms with E-state index in [2.05, 4.69) is 56.7 Å². The molecular formula is C20H22N8O2. The van der Waals surface area contributed by atoms with Gasteiger partial charge in [0.05, 0.1) is 11.9 Å². The van der Waals surface area contributed by atoms with Gasteiger partial charge < -0.3 is 10.1 Å². The van der Waals surface area contributed by atoms with Crippen molar-refractivity contribution in [1.82, 2.24) is 29.9 Å². The summed E-state index contributed by atoms with van der Waals surface area (Å²) in [5.74, 6) is 1.59. The molecule has 0 aliphatic rings. The van der Waals surface area contributed by atoms with Crippen LogP contribution in [-0.2, 0) is 12.5 Å². The Balaban J connectivity index is 1.40. The monoisotopic (exact) mass is 406 g/mol. The van der Waals surface area contributed by atoms with Gasteiger partial charge in [0.2, 0.25) is 5.88 Å². The molecule has 0 saturated carbocycles. The molecule has 0 saturated heterocycles. The second-order valence-corrected chi connectivity index (χ2v) is 7.81. The van der Waals surface area contributed by atoms with Gasteiger partial charge in [0.25, 0.3) is 0 Å². The molecule has 4 rings (SSSR count). The van der Waals surface area contributed by atoms with Gasteiger partial charge in [0.1, 0.15) is 23.3 Å². The minimum Gasteiger partial charge on any atom is -0.438 e. The normalized spacial score (nSPS) is 11.5. The standard InChI is InChI=1S/C20H22N8O2/c1-20(2,3)15-9-16(28(4)27-15)25-19(29)24-12-5-7-13(8-6-12)30-18-14-10-23-26-17(14)21-11-22-18/h5-11H,1-4H3,(H2,24,25,29)(H,21,22,23,26). The number of fused-ring (bicyclic) bond motifs is 1. The van der Waals surface area contributed by atoms with Gasteiger partial charge in [-0.1, -0.05) is 20.8 Å². The summed E-state index contributed by atoms with van der Waals surface area (Å²) >= 11 is 0. The lowest BCUT2D eigenvalue weighted by atomic mass is 9.92. The lowest BCUT2D eigenvalue weighted by Gasteiger charge is -2.13. The molecule has 0 unspecified atom stereocenters. The molecule has 10 nitrogen and oxygen atoms in total. The van der Waals surface area contributed by atoms with Crippen molar-refractivity contribution in [3.63, 3.8) is 0 Å². The maximum atomic E-state index is 12.4. The van der Waals surface area contributed by atoms with E-state index in [4.69, 9.17) is 4.74 Å². The third kappa shape index (κ3) is 4.07. The first-order valence-electron chi connectivity index (χ1n) is 9.34. The number of urea groups is 1. The lowest BCUT2D eigenvalue weighted by Crippen LogP contribution is -2.20. The predicted octanol–water partition coefficient (Wildman–Crippen LogP) is 3.82. The Kier molecular flexibility index (Phi) is 4.82. The van der Waals surface area contributed by atoms with Crippen LogP contribution in [0.5, 0.6) is 11.6 Å². The van der Waals surface area contributed by atoms with Crippen LogP contribution in [0.4, 0.5) is 16.3 Å². The van der Waals surface area contributed by atoms with Crippen LogP contribution in [0.1, 0.15) is 26.5 Å². The van der Waals surface area contributed by atoms with E-state index in [1.165, 1.54) is 6.33 Å². The number of H-pyrrole nitrogens is 1. The van der Waals surface area contributed by atoms with Gasteiger partial charge in [-0.05, 0) is 24.3 Å². The van der Waals surface area contributed by atoms with Gasteiger partial charge in [-0.15, -0.1) is 0 Å².